The Kier molecular flexibility index (Phi) is 20.1. The fraction of sp³-hybridized carbons (Fsp3) is 0.960. The molecule has 1 N–H and O–H groups in total. The third-order valence-electron chi connectivity index (χ3n) is 5.90. The zero-order valence-electron chi connectivity index (χ0n) is 22.8. The third-order valence-corrected chi connectivity index (χ3v) is 6.90. The molecule has 0 aliphatic carbocycles. The third kappa shape index (κ3) is 21.8. The Hall–Kier alpha value is -0.660. The van der Waals surface area contributed by atoms with Gasteiger partial charge in [-0.15, -0.1) is 0 Å². The van der Waals surface area contributed by atoms with Crippen LogP contribution in [0.2, 0.25) is 0 Å². The summed E-state index contributed by atoms with van der Waals surface area (Å²) in [4.78, 5) is 25.6. The van der Waals surface area contributed by atoms with Crippen molar-refractivity contribution in [2.24, 2.45) is 0 Å². The first-order chi connectivity index (χ1) is 16.1. The summed E-state index contributed by atoms with van der Waals surface area (Å²) in [5, 5.41) is 2.61. The standard InChI is InChI=1S/C25H54N3O5P/c1-6-7-8-9-10-11-12-13-14-15-16-17-18-19-20-27(25(29)26-2)21-23-32-34(30,31)33-24-22-28(3,4)5/h6-24H2,1-5H3,(H-,26,29,30,31). The highest BCUT2D eigenvalue weighted by Crippen LogP contribution is 2.37. The predicted molar refractivity (Wildman–Crippen MR) is 139 cm³/mol. The monoisotopic (exact) mass is 507 g/mol. The lowest BCUT2D eigenvalue weighted by atomic mass is 10.0. The maximum atomic E-state index is 12.1. The van der Waals surface area contributed by atoms with Crippen molar-refractivity contribution < 1.29 is 27.8 Å². The topological polar surface area (TPSA) is 90.9 Å². The molecule has 1 unspecified atom stereocenters. The van der Waals surface area contributed by atoms with E-state index in [1.165, 1.54) is 77.0 Å². The molecule has 0 saturated heterocycles. The quantitative estimate of drug-likeness (QED) is 0.115. The van der Waals surface area contributed by atoms with Gasteiger partial charge in [-0.25, -0.2) is 4.79 Å². The molecule has 34 heavy (non-hydrogen) atoms. The lowest BCUT2D eigenvalue weighted by Gasteiger charge is -2.28. The number of phosphoric ester groups is 1. The van der Waals surface area contributed by atoms with Crippen LogP contribution < -0.4 is 10.2 Å². The van der Waals surface area contributed by atoms with E-state index in [1.54, 1.807) is 11.9 Å². The van der Waals surface area contributed by atoms with Gasteiger partial charge in [-0.05, 0) is 6.42 Å². The largest absolute Gasteiger partial charge is 0.756 e. The summed E-state index contributed by atoms with van der Waals surface area (Å²) < 4.78 is 22.3. The molecule has 0 aromatic carbocycles. The molecule has 2 amide bonds. The summed E-state index contributed by atoms with van der Waals surface area (Å²) in [5.74, 6) is 0. The van der Waals surface area contributed by atoms with E-state index in [2.05, 4.69) is 12.2 Å². The number of hydrogen-bond acceptors (Lipinski definition) is 5. The second-order valence-electron chi connectivity index (χ2n) is 10.3. The Morgan fingerprint density at radius 2 is 1.24 bits per heavy atom. The Balaban J connectivity index is 3.85. The van der Waals surface area contributed by atoms with Crippen LogP contribution in [-0.4, -0.2) is 76.5 Å². The van der Waals surface area contributed by atoms with Crippen molar-refractivity contribution >= 4 is 13.9 Å². The van der Waals surface area contributed by atoms with Crippen LogP contribution in [0.1, 0.15) is 96.8 Å². The highest BCUT2D eigenvalue weighted by atomic mass is 31.2. The van der Waals surface area contributed by atoms with Gasteiger partial charge in [0.15, 0.2) is 0 Å². The van der Waals surface area contributed by atoms with Gasteiger partial charge in [-0.3, -0.25) is 4.57 Å². The molecular weight excluding hydrogens is 453 g/mol. The lowest BCUT2D eigenvalue weighted by molar-refractivity contribution is -0.870. The van der Waals surface area contributed by atoms with Gasteiger partial charge in [-0.2, -0.15) is 0 Å². The van der Waals surface area contributed by atoms with E-state index in [4.69, 9.17) is 9.05 Å². The Labute approximate surface area is 210 Å². The number of nitrogens with zero attached hydrogens (tertiary/aromatic N) is 2. The lowest BCUT2D eigenvalue weighted by Crippen LogP contribution is -2.40. The van der Waals surface area contributed by atoms with Gasteiger partial charge < -0.3 is 28.6 Å². The molecule has 0 aromatic rings. The number of unbranched alkanes of at least 4 members (excludes halogenated alkanes) is 13. The van der Waals surface area contributed by atoms with Gasteiger partial charge in [0, 0.05) is 20.1 Å². The summed E-state index contributed by atoms with van der Waals surface area (Å²) in [7, 11) is 3.09. The minimum atomic E-state index is -4.35. The van der Waals surface area contributed by atoms with Crippen molar-refractivity contribution in [3.05, 3.63) is 0 Å². The van der Waals surface area contributed by atoms with E-state index < -0.39 is 7.82 Å². The average Bonchev–Trinajstić information content (AvgIpc) is 2.76. The summed E-state index contributed by atoms with van der Waals surface area (Å²) in [6.07, 6.45) is 18.0. The second-order valence-corrected chi connectivity index (χ2v) is 11.7. The summed E-state index contributed by atoms with van der Waals surface area (Å²) >= 11 is 0. The minimum Gasteiger partial charge on any atom is -0.756 e. The van der Waals surface area contributed by atoms with Crippen LogP contribution in [0.5, 0.6) is 0 Å². The van der Waals surface area contributed by atoms with Gasteiger partial charge in [0.25, 0.3) is 7.82 Å². The van der Waals surface area contributed by atoms with Crippen molar-refractivity contribution in [2.75, 3.05) is 61.0 Å². The highest BCUT2D eigenvalue weighted by Gasteiger charge is 2.16. The molecule has 8 nitrogen and oxygen atoms in total. The van der Waals surface area contributed by atoms with E-state index >= 15 is 0 Å². The van der Waals surface area contributed by atoms with Crippen LogP contribution in [0.4, 0.5) is 4.79 Å². The SMILES string of the molecule is CCCCCCCCCCCCCCCCN(CCOP(=O)([O-])OCC[N+](C)(C)C)C(=O)NC. The van der Waals surface area contributed by atoms with Crippen molar-refractivity contribution in [2.45, 2.75) is 96.8 Å². The van der Waals surface area contributed by atoms with Gasteiger partial charge in [0.2, 0.25) is 0 Å². The number of likely N-dealkylation sites (N-methyl/N-ethyl adjacent to an activating group) is 1. The van der Waals surface area contributed by atoms with Crippen LogP contribution in [-0.2, 0) is 13.6 Å². The molecule has 1 atom stereocenters. The van der Waals surface area contributed by atoms with Gasteiger partial charge in [0.1, 0.15) is 13.2 Å². The van der Waals surface area contributed by atoms with E-state index in [1.807, 2.05) is 21.1 Å². The number of rotatable bonds is 23. The number of amides is 2. The molecule has 0 heterocycles. The Bertz CT molecular complexity index is 543. The molecule has 0 radical (unpaired) electrons. The van der Waals surface area contributed by atoms with Crippen molar-refractivity contribution in [3.8, 4) is 0 Å². The van der Waals surface area contributed by atoms with Gasteiger partial charge in [-0.1, -0.05) is 90.4 Å². The molecule has 0 spiro atoms. The molecule has 0 rings (SSSR count). The maximum Gasteiger partial charge on any atom is 0.317 e. The summed E-state index contributed by atoms with van der Waals surface area (Å²) in [5.41, 5.74) is 0. The first-order valence-electron chi connectivity index (χ1n) is 13.5. The van der Waals surface area contributed by atoms with Crippen molar-refractivity contribution in [3.63, 3.8) is 0 Å². The predicted octanol–water partition coefficient (Wildman–Crippen LogP) is 5.32. The van der Waals surface area contributed by atoms with Crippen LogP contribution >= 0.6 is 7.82 Å². The van der Waals surface area contributed by atoms with Gasteiger partial charge in [0.05, 0.1) is 27.7 Å². The summed E-state index contributed by atoms with van der Waals surface area (Å²) in [6.45, 7) is 3.59. The smallest absolute Gasteiger partial charge is 0.317 e. The highest BCUT2D eigenvalue weighted by molar-refractivity contribution is 7.45. The second kappa shape index (κ2) is 20.5. The van der Waals surface area contributed by atoms with Crippen LogP contribution in [0.25, 0.3) is 0 Å². The molecule has 9 heteroatoms. The van der Waals surface area contributed by atoms with Crippen LogP contribution in [0, 0.1) is 0 Å². The fourth-order valence-corrected chi connectivity index (χ4v) is 4.38. The number of urea groups is 1. The Morgan fingerprint density at radius 1 is 0.794 bits per heavy atom. The average molecular weight is 508 g/mol. The van der Waals surface area contributed by atoms with E-state index in [0.29, 0.717) is 17.6 Å². The molecule has 0 aliphatic heterocycles. The van der Waals surface area contributed by atoms with E-state index in [-0.39, 0.29) is 25.8 Å². The van der Waals surface area contributed by atoms with Crippen molar-refractivity contribution in [1.29, 1.82) is 0 Å². The zero-order valence-corrected chi connectivity index (χ0v) is 23.7. The number of quaternary nitrogens is 1. The zero-order chi connectivity index (χ0) is 25.7. The molecule has 0 bridgehead atoms. The first-order valence-corrected chi connectivity index (χ1v) is 14.9. The number of carbonyl (C=O) groups excluding carboxylic acids is 1. The van der Waals surface area contributed by atoms with Gasteiger partial charge >= 0.3 is 6.03 Å². The molecule has 0 aromatic heterocycles. The molecular formula is C25H54N3O5P. The molecule has 0 aliphatic rings. The van der Waals surface area contributed by atoms with Crippen LogP contribution in [0.15, 0.2) is 0 Å². The normalized spacial score (nSPS) is 13.6. The number of nitrogens with one attached hydrogen (secondary N) is 1. The summed E-state index contributed by atoms with van der Waals surface area (Å²) in [6, 6.07) is -0.218. The molecule has 0 saturated carbocycles. The fourth-order valence-electron chi connectivity index (χ4n) is 3.70. The number of hydrogen-bond donors (Lipinski definition) is 1. The maximum absolute atomic E-state index is 12.1. The minimum absolute atomic E-state index is 0.0719. The van der Waals surface area contributed by atoms with Crippen LogP contribution in [0.3, 0.4) is 0 Å². The first kappa shape index (κ1) is 33.3. The van der Waals surface area contributed by atoms with E-state index in [9.17, 15) is 14.3 Å². The number of phosphoric acid groups is 1. The van der Waals surface area contributed by atoms with E-state index in [0.717, 1.165) is 12.8 Å². The number of carbonyl (C=O) groups is 1. The van der Waals surface area contributed by atoms with Crippen molar-refractivity contribution in [1.82, 2.24) is 10.2 Å². The molecule has 0 fully saturated rings. The Morgan fingerprint density at radius 3 is 1.68 bits per heavy atom. The molecule has 204 valence electrons.